The molecule has 2 N–H and O–H groups in total. The van der Waals surface area contributed by atoms with Gasteiger partial charge in [-0.1, -0.05) is 11.6 Å². The molecule has 20 heavy (non-hydrogen) atoms. The molecule has 2 aromatic carbocycles. The van der Waals surface area contributed by atoms with Crippen LogP contribution in [0.3, 0.4) is 0 Å². The lowest BCUT2D eigenvalue weighted by molar-refractivity contribution is 0.619. The van der Waals surface area contributed by atoms with Crippen LogP contribution in [0.15, 0.2) is 51.7 Å². The topological polar surface area (TPSA) is 56.2 Å². The van der Waals surface area contributed by atoms with Gasteiger partial charge in [-0.05, 0) is 59.0 Å². The molecule has 0 bridgehead atoms. The highest BCUT2D eigenvalue weighted by molar-refractivity contribution is 14.1. The lowest BCUT2D eigenvalue weighted by atomic mass is 10.1. The first-order valence-corrected chi connectivity index (χ1v) is 7.29. The van der Waals surface area contributed by atoms with Gasteiger partial charge in [-0.2, -0.15) is 0 Å². The third kappa shape index (κ3) is 2.41. The molecule has 1 aromatic heterocycles. The molecule has 3 rings (SSSR count). The highest BCUT2D eigenvalue weighted by Crippen LogP contribution is 2.30. The van der Waals surface area contributed by atoms with Gasteiger partial charge in [-0.25, -0.2) is 0 Å². The summed E-state index contributed by atoms with van der Waals surface area (Å²) < 4.78 is 6.76. The minimum atomic E-state index is -0.0901. The van der Waals surface area contributed by atoms with Gasteiger partial charge < -0.3 is 10.2 Å². The maximum atomic E-state index is 12.2. The van der Waals surface area contributed by atoms with Crippen LogP contribution in [-0.2, 0) is 0 Å². The summed E-state index contributed by atoms with van der Waals surface area (Å²) in [6, 6.07) is 12.0. The van der Waals surface area contributed by atoms with E-state index in [1.54, 1.807) is 30.3 Å². The van der Waals surface area contributed by atoms with Crippen LogP contribution in [0.5, 0.6) is 0 Å². The number of fused-ring (bicyclic) bond motifs is 1. The molecule has 0 aliphatic rings. The van der Waals surface area contributed by atoms with Gasteiger partial charge in [0.1, 0.15) is 11.3 Å². The van der Waals surface area contributed by atoms with Crippen molar-refractivity contribution in [1.82, 2.24) is 0 Å². The lowest BCUT2D eigenvalue weighted by Gasteiger charge is -2.06. The third-order valence-electron chi connectivity index (χ3n) is 2.95. The molecule has 0 saturated carbocycles. The van der Waals surface area contributed by atoms with Crippen molar-refractivity contribution in [2.75, 3.05) is 5.73 Å². The average Bonchev–Trinajstić information content (AvgIpc) is 2.39. The van der Waals surface area contributed by atoms with Crippen molar-refractivity contribution in [3.05, 3.63) is 61.3 Å². The van der Waals surface area contributed by atoms with E-state index in [2.05, 4.69) is 22.6 Å². The Morgan fingerprint density at radius 3 is 2.65 bits per heavy atom. The zero-order valence-corrected chi connectivity index (χ0v) is 13.1. The zero-order valence-electron chi connectivity index (χ0n) is 10.2. The molecular weight excluding hydrogens is 389 g/mol. The second-order valence-corrected chi connectivity index (χ2v) is 6.01. The van der Waals surface area contributed by atoms with Gasteiger partial charge in [0, 0.05) is 20.9 Å². The molecule has 5 heteroatoms. The highest BCUT2D eigenvalue weighted by Gasteiger charge is 2.10. The molecule has 0 radical (unpaired) electrons. The molecule has 0 amide bonds. The number of nitrogen functional groups attached to an aromatic ring is 1. The molecule has 0 atom stereocenters. The second-order valence-electron chi connectivity index (χ2n) is 4.35. The summed E-state index contributed by atoms with van der Waals surface area (Å²) in [7, 11) is 0. The van der Waals surface area contributed by atoms with Crippen LogP contribution < -0.4 is 11.2 Å². The van der Waals surface area contributed by atoms with Gasteiger partial charge >= 0.3 is 0 Å². The molecule has 0 aliphatic heterocycles. The summed E-state index contributed by atoms with van der Waals surface area (Å²) in [5, 5.41) is 1.02. The summed E-state index contributed by atoms with van der Waals surface area (Å²) in [5.41, 5.74) is 7.33. The third-order valence-corrected chi connectivity index (χ3v) is 3.93. The van der Waals surface area contributed by atoms with Crippen LogP contribution in [0.25, 0.3) is 22.3 Å². The van der Waals surface area contributed by atoms with Gasteiger partial charge in [0.2, 0.25) is 0 Å². The summed E-state index contributed by atoms with van der Waals surface area (Å²) in [5.74, 6) is 0.439. The van der Waals surface area contributed by atoms with E-state index in [1.807, 2.05) is 6.07 Å². The van der Waals surface area contributed by atoms with Gasteiger partial charge in [0.25, 0.3) is 0 Å². The normalized spacial score (nSPS) is 10.9. The van der Waals surface area contributed by atoms with Gasteiger partial charge in [0.15, 0.2) is 5.43 Å². The molecule has 3 nitrogen and oxygen atoms in total. The van der Waals surface area contributed by atoms with Crippen LogP contribution in [0.1, 0.15) is 0 Å². The Morgan fingerprint density at radius 1 is 1.10 bits per heavy atom. The van der Waals surface area contributed by atoms with E-state index in [9.17, 15) is 4.79 Å². The molecular formula is C15H9ClINO2. The van der Waals surface area contributed by atoms with Gasteiger partial charge in [0.05, 0.1) is 10.4 Å². The molecule has 0 aliphatic carbocycles. The van der Waals surface area contributed by atoms with Crippen molar-refractivity contribution in [3.63, 3.8) is 0 Å². The van der Waals surface area contributed by atoms with Gasteiger partial charge in [-0.3, -0.25) is 4.79 Å². The fourth-order valence-electron chi connectivity index (χ4n) is 1.99. The number of hydrogen-bond acceptors (Lipinski definition) is 3. The van der Waals surface area contributed by atoms with Crippen molar-refractivity contribution in [3.8, 4) is 11.3 Å². The minimum absolute atomic E-state index is 0.0901. The minimum Gasteiger partial charge on any atom is -0.456 e. The Labute approximate surface area is 133 Å². The van der Waals surface area contributed by atoms with Crippen LogP contribution >= 0.6 is 34.2 Å². The highest BCUT2D eigenvalue weighted by atomic mass is 127. The number of anilines is 1. The van der Waals surface area contributed by atoms with E-state index in [4.69, 9.17) is 21.8 Å². The van der Waals surface area contributed by atoms with Gasteiger partial charge in [-0.15, -0.1) is 0 Å². The summed E-state index contributed by atoms with van der Waals surface area (Å²) in [6.45, 7) is 0. The van der Waals surface area contributed by atoms with E-state index in [1.165, 1.54) is 6.07 Å². The standard InChI is InChI=1S/C15H9ClINO2/c16-12-6-9(18)2-3-10(12)15-7-13(19)11-5-8(17)1-4-14(11)20-15/h1-7H,18H2. The smallest absolute Gasteiger partial charge is 0.193 e. The molecule has 3 aromatic rings. The number of halogens is 2. The second kappa shape index (κ2) is 5.10. The fraction of sp³-hybridized carbons (Fsp3) is 0. The molecule has 100 valence electrons. The maximum Gasteiger partial charge on any atom is 0.193 e. The zero-order chi connectivity index (χ0) is 14.3. The summed E-state index contributed by atoms with van der Waals surface area (Å²) in [6.07, 6.45) is 0. The summed E-state index contributed by atoms with van der Waals surface area (Å²) >= 11 is 8.31. The molecule has 1 heterocycles. The van der Waals surface area contributed by atoms with E-state index < -0.39 is 0 Å². The Bertz CT molecular complexity index is 873. The first-order valence-electron chi connectivity index (χ1n) is 5.83. The van der Waals surface area contributed by atoms with Crippen molar-refractivity contribution < 1.29 is 4.42 Å². The van der Waals surface area contributed by atoms with Crippen molar-refractivity contribution in [2.24, 2.45) is 0 Å². The lowest BCUT2D eigenvalue weighted by Crippen LogP contribution is -2.00. The van der Waals surface area contributed by atoms with E-state index in [0.29, 0.717) is 33.0 Å². The largest absolute Gasteiger partial charge is 0.456 e. The number of nitrogens with two attached hydrogens (primary N) is 1. The first kappa shape index (κ1) is 13.5. The molecule has 0 fully saturated rings. The fourth-order valence-corrected chi connectivity index (χ4v) is 2.77. The number of benzene rings is 2. The van der Waals surface area contributed by atoms with Crippen molar-refractivity contribution in [1.29, 1.82) is 0 Å². The van der Waals surface area contributed by atoms with E-state index in [-0.39, 0.29) is 5.43 Å². The number of hydrogen-bond donors (Lipinski definition) is 1. The average molecular weight is 398 g/mol. The monoisotopic (exact) mass is 397 g/mol. The molecule has 0 unspecified atom stereocenters. The van der Waals surface area contributed by atoms with Crippen molar-refractivity contribution in [2.45, 2.75) is 0 Å². The first-order chi connectivity index (χ1) is 9.54. The predicted molar refractivity (Wildman–Crippen MR) is 90.1 cm³/mol. The van der Waals surface area contributed by atoms with E-state index >= 15 is 0 Å². The Kier molecular flexibility index (Phi) is 3.43. The Balaban J connectivity index is 2.27. The number of rotatable bonds is 1. The van der Waals surface area contributed by atoms with Crippen LogP contribution in [0.2, 0.25) is 5.02 Å². The van der Waals surface area contributed by atoms with Crippen LogP contribution in [0, 0.1) is 3.57 Å². The van der Waals surface area contributed by atoms with E-state index in [0.717, 1.165) is 3.57 Å². The Morgan fingerprint density at radius 2 is 1.90 bits per heavy atom. The van der Waals surface area contributed by atoms with Crippen LogP contribution in [-0.4, -0.2) is 0 Å². The summed E-state index contributed by atoms with van der Waals surface area (Å²) in [4.78, 5) is 12.2. The molecule has 0 spiro atoms. The predicted octanol–water partition coefficient (Wildman–Crippen LogP) is 4.30. The Hall–Kier alpha value is -1.53. The molecule has 0 saturated heterocycles. The maximum absolute atomic E-state index is 12.2. The SMILES string of the molecule is Nc1ccc(-c2cc(=O)c3cc(I)ccc3o2)c(Cl)c1. The quantitative estimate of drug-likeness (QED) is 0.492. The van der Waals surface area contributed by atoms with Crippen LogP contribution in [0.4, 0.5) is 5.69 Å². The van der Waals surface area contributed by atoms with Crippen molar-refractivity contribution >= 4 is 50.8 Å².